The van der Waals surface area contributed by atoms with E-state index in [4.69, 9.17) is 0 Å². The van der Waals surface area contributed by atoms with E-state index in [9.17, 15) is 28.3 Å². The molecule has 9 heteroatoms. The van der Waals surface area contributed by atoms with Crippen molar-refractivity contribution >= 4 is 17.6 Å². The average molecular weight is 437 g/mol. The maximum atomic E-state index is 13.5. The number of hydrogen-bond acceptors (Lipinski definition) is 4. The van der Waals surface area contributed by atoms with Crippen molar-refractivity contribution in [3.63, 3.8) is 0 Å². The van der Waals surface area contributed by atoms with Crippen molar-refractivity contribution in [3.8, 4) is 0 Å². The quantitative estimate of drug-likeness (QED) is 0.470. The molecular weight excluding hydrogens is 408 g/mol. The van der Waals surface area contributed by atoms with E-state index in [0.717, 1.165) is 19.3 Å². The van der Waals surface area contributed by atoms with Gasteiger partial charge in [-0.15, -0.1) is 0 Å². The smallest absolute Gasteiger partial charge is 0.294 e. The zero-order chi connectivity index (χ0) is 22.4. The van der Waals surface area contributed by atoms with Crippen molar-refractivity contribution in [2.45, 2.75) is 88.8 Å². The fourth-order valence-corrected chi connectivity index (χ4v) is 5.13. The summed E-state index contributed by atoms with van der Waals surface area (Å²) in [6.45, 7) is 1.93. The van der Waals surface area contributed by atoms with Gasteiger partial charge in [0.2, 0.25) is 5.92 Å². The summed E-state index contributed by atoms with van der Waals surface area (Å²) in [6.07, 6.45) is 3.94. The van der Waals surface area contributed by atoms with Crippen LogP contribution in [0, 0.1) is 6.92 Å². The first-order valence-corrected chi connectivity index (χ1v) is 11.0. The molecule has 3 N–H and O–H groups in total. The minimum absolute atomic E-state index is 0.182. The van der Waals surface area contributed by atoms with E-state index in [2.05, 4.69) is 10.6 Å². The molecule has 31 heavy (non-hydrogen) atoms. The standard InChI is InChI=1S/C22H29F2N3O4/c1-13-16(19(30)25-14-6-9-22(23,24)11-14)15-5-2-3-10-27(15)17(13)18(29)20(31)26-21(12-28)7-4-8-21/h14,28H,2-12H2,1H3,(H,25,30)(H,26,31). The predicted molar refractivity (Wildman–Crippen MR) is 108 cm³/mol. The van der Waals surface area contributed by atoms with Gasteiger partial charge in [-0.1, -0.05) is 0 Å². The Labute approximate surface area is 179 Å². The van der Waals surface area contributed by atoms with Gasteiger partial charge in [-0.3, -0.25) is 14.4 Å². The Kier molecular flexibility index (Phi) is 5.66. The molecule has 1 atom stereocenters. The third-order valence-corrected chi connectivity index (χ3v) is 7.04. The molecular formula is C22H29F2N3O4. The van der Waals surface area contributed by atoms with Gasteiger partial charge < -0.3 is 20.3 Å². The zero-order valence-corrected chi connectivity index (χ0v) is 17.7. The summed E-state index contributed by atoms with van der Waals surface area (Å²) in [5.41, 5.74) is 0.855. The van der Waals surface area contributed by atoms with Crippen LogP contribution in [0.15, 0.2) is 0 Å². The molecule has 0 aromatic carbocycles. The number of carbonyl (C=O) groups is 3. The molecule has 0 spiro atoms. The Morgan fingerprint density at radius 2 is 1.90 bits per heavy atom. The number of aliphatic hydroxyl groups is 1. The van der Waals surface area contributed by atoms with Crippen molar-refractivity contribution in [2.24, 2.45) is 0 Å². The number of ketones is 1. The van der Waals surface area contributed by atoms with E-state index < -0.39 is 35.1 Å². The van der Waals surface area contributed by atoms with Crippen LogP contribution >= 0.6 is 0 Å². The maximum Gasteiger partial charge on any atom is 0.294 e. The first kappa shape index (κ1) is 21.9. The second-order valence-electron chi connectivity index (χ2n) is 9.25. The molecule has 2 fully saturated rings. The van der Waals surface area contributed by atoms with Crippen LogP contribution in [0.2, 0.25) is 0 Å². The summed E-state index contributed by atoms with van der Waals surface area (Å²) in [5, 5.41) is 15.0. The molecule has 0 saturated heterocycles. The van der Waals surface area contributed by atoms with Crippen LogP contribution < -0.4 is 10.6 Å². The number of amides is 2. The van der Waals surface area contributed by atoms with Gasteiger partial charge in [0.1, 0.15) is 0 Å². The highest BCUT2D eigenvalue weighted by molar-refractivity contribution is 6.43. The van der Waals surface area contributed by atoms with Gasteiger partial charge in [-0.05, 0) is 57.4 Å². The fraction of sp³-hybridized carbons (Fsp3) is 0.682. The Bertz CT molecular complexity index is 915. The number of carbonyl (C=O) groups excluding carboxylic acids is 3. The molecule has 1 aliphatic heterocycles. The van der Waals surface area contributed by atoms with Gasteiger partial charge >= 0.3 is 0 Å². The number of halogens is 2. The number of hydrogen-bond donors (Lipinski definition) is 3. The van der Waals surface area contributed by atoms with Crippen LogP contribution in [0.4, 0.5) is 8.78 Å². The highest BCUT2D eigenvalue weighted by atomic mass is 19.3. The Balaban J connectivity index is 1.60. The monoisotopic (exact) mass is 437 g/mol. The zero-order valence-electron chi connectivity index (χ0n) is 17.7. The number of aliphatic hydroxyl groups excluding tert-OH is 1. The van der Waals surface area contributed by atoms with Crippen molar-refractivity contribution in [2.75, 3.05) is 6.61 Å². The summed E-state index contributed by atoms with van der Waals surface area (Å²) in [7, 11) is 0. The highest BCUT2D eigenvalue weighted by Gasteiger charge is 2.42. The Morgan fingerprint density at radius 1 is 1.16 bits per heavy atom. The lowest BCUT2D eigenvalue weighted by Gasteiger charge is -2.40. The van der Waals surface area contributed by atoms with E-state index in [0.29, 0.717) is 42.6 Å². The molecule has 170 valence electrons. The normalized spacial score (nSPS) is 23.5. The minimum Gasteiger partial charge on any atom is -0.394 e. The molecule has 2 amide bonds. The molecule has 4 rings (SSSR count). The topological polar surface area (TPSA) is 100 Å². The van der Waals surface area contributed by atoms with E-state index >= 15 is 0 Å². The lowest BCUT2D eigenvalue weighted by Crippen LogP contribution is -2.57. The summed E-state index contributed by atoms with van der Waals surface area (Å²) in [4.78, 5) is 38.8. The van der Waals surface area contributed by atoms with Crippen molar-refractivity contribution in [1.29, 1.82) is 0 Å². The third kappa shape index (κ3) is 4.00. The number of Topliss-reactive ketones (excluding diaryl/α,β-unsaturated/α-hetero) is 1. The fourth-order valence-electron chi connectivity index (χ4n) is 5.13. The van der Waals surface area contributed by atoms with Crippen molar-refractivity contribution in [1.82, 2.24) is 15.2 Å². The molecule has 7 nitrogen and oxygen atoms in total. The molecule has 1 aromatic rings. The largest absolute Gasteiger partial charge is 0.394 e. The van der Waals surface area contributed by atoms with Gasteiger partial charge in [0.05, 0.1) is 23.4 Å². The Hall–Kier alpha value is -2.29. The third-order valence-electron chi connectivity index (χ3n) is 7.04. The maximum absolute atomic E-state index is 13.5. The molecule has 1 unspecified atom stereocenters. The van der Waals surface area contributed by atoms with Crippen LogP contribution in [0.3, 0.4) is 0 Å². The first-order chi connectivity index (χ1) is 14.7. The van der Waals surface area contributed by atoms with Crippen molar-refractivity contribution in [3.05, 3.63) is 22.5 Å². The lowest BCUT2D eigenvalue weighted by atomic mass is 9.77. The average Bonchev–Trinajstić information content (AvgIpc) is 3.19. The summed E-state index contributed by atoms with van der Waals surface area (Å²) in [6, 6.07) is -0.605. The predicted octanol–water partition coefficient (Wildman–Crippen LogP) is 2.26. The number of nitrogens with one attached hydrogen (secondary N) is 2. The number of nitrogens with zero attached hydrogens (tertiary/aromatic N) is 1. The van der Waals surface area contributed by atoms with E-state index in [-0.39, 0.29) is 31.6 Å². The van der Waals surface area contributed by atoms with E-state index in [1.807, 2.05) is 0 Å². The van der Waals surface area contributed by atoms with Crippen LogP contribution in [0.1, 0.15) is 83.5 Å². The summed E-state index contributed by atoms with van der Waals surface area (Å²) in [5.74, 6) is -4.75. The molecule has 0 radical (unpaired) electrons. The van der Waals surface area contributed by atoms with Crippen LogP contribution in [0.25, 0.3) is 0 Å². The number of aromatic nitrogens is 1. The number of rotatable bonds is 6. The lowest BCUT2D eigenvalue weighted by molar-refractivity contribution is -0.120. The second kappa shape index (κ2) is 8.00. The molecule has 1 aromatic heterocycles. The van der Waals surface area contributed by atoms with Gasteiger partial charge in [0, 0.05) is 31.1 Å². The van der Waals surface area contributed by atoms with Gasteiger partial charge in [0.15, 0.2) is 0 Å². The summed E-state index contributed by atoms with van der Waals surface area (Å²) >= 11 is 0. The molecule has 0 bridgehead atoms. The van der Waals surface area contributed by atoms with E-state index in [1.165, 1.54) is 0 Å². The SMILES string of the molecule is Cc1c(C(=O)NC2CCC(F)(F)C2)c2n(c1C(=O)C(=O)NC1(CO)CCC1)CCCC2. The van der Waals surface area contributed by atoms with E-state index in [1.54, 1.807) is 11.5 Å². The van der Waals surface area contributed by atoms with Gasteiger partial charge in [0.25, 0.3) is 17.6 Å². The molecule has 2 heterocycles. The van der Waals surface area contributed by atoms with Crippen LogP contribution in [-0.2, 0) is 17.8 Å². The first-order valence-electron chi connectivity index (χ1n) is 11.0. The number of alkyl halides is 2. The van der Waals surface area contributed by atoms with Crippen LogP contribution in [0.5, 0.6) is 0 Å². The highest BCUT2D eigenvalue weighted by Crippen LogP contribution is 2.36. The molecule has 2 aliphatic carbocycles. The van der Waals surface area contributed by atoms with Gasteiger partial charge in [-0.2, -0.15) is 0 Å². The molecule has 2 saturated carbocycles. The van der Waals surface area contributed by atoms with Crippen LogP contribution in [-0.4, -0.2) is 51.4 Å². The summed E-state index contributed by atoms with van der Waals surface area (Å²) < 4.78 is 28.8. The number of fused-ring (bicyclic) bond motifs is 1. The van der Waals surface area contributed by atoms with Gasteiger partial charge in [-0.25, -0.2) is 8.78 Å². The second-order valence-corrected chi connectivity index (χ2v) is 9.25. The van der Waals surface area contributed by atoms with Crippen molar-refractivity contribution < 1.29 is 28.3 Å². The minimum atomic E-state index is -2.77. The molecule has 3 aliphatic rings. The Morgan fingerprint density at radius 3 is 2.48 bits per heavy atom.